The number of aliphatic carboxylic acids is 1. The van der Waals surface area contributed by atoms with Crippen molar-refractivity contribution >= 4 is 11.9 Å². The second kappa shape index (κ2) is 8.98. The standard InChI is InChI=1S/C12H24N2O3/c1-4-5-7-13-11(15)9-14(10(2)3)8-6-12(16)17/h10H,4-9H2,1-3H3,(H,13,15)(H,16,17). The van der Waals surface area contributed by atoms with E-state index in [0.717, 1.165) is 12.8 Å². The van der Waals surface area contributed by atoms with Gasteiger partial charge in [0, 0.05) is 19.1 Å². The van der Waals surface area contributed by atoms with Crippen LogP contribution in [0.5, 0.6) is 0 Å². The summed E-state index contributed by atoms with van der Waals surface area (Å²) in [5, 5.41) is 11.5. The second-order valence-corrected chi connectivity index (χ2v) is 4.41. The van der Waals surface area contributed by atoms with E-state index in [1.807, 2.05) is 18.7 Å². The Balaban J connectivity index is 3.97. The number of rotatable bonds is 9. The minimum Gasteiger partial charge on any atom is -0.481 e. The van der Waals surface area contributed by atoms with Crippen molar-refractivity contribution in [3.8, 4) is 0 Å². The molecule has 0 atom stereocenters. The number of unbranched alkanes of at least 4 members (excludes halogenated alkanes) is 1. The Morgan fingerprint density at radius 3 is 2.47 bits per heavy atom. The fourth-order valence-electron chi connectivity index (χ4n) is 1.40. The van der Waals surface area contributed by atoms with Crippen LogP contribution in [0.15, 0.2) is 0 Å². The van der Waals surface area contributed by atoms with Gasteiger partial charge in [-0.1, -0.05) is 13.3 Å². The normalized spacial score (nSPS) is 10.9. The third-order valence-electron chi connectivity index (χ3n) is 2.54. The summed E-state index contributed by atoms with van der Waals surface area (Å²) in [6.07, 6.45) is 2.09. The van der Waals surface area contributed by atoms with Crippen molar-refractivity contribution < 1.29 is 14.7 Å². The molecule has 100 valence electrons. The molecule has 0 heterocycles. The first-order valence-corrected chi connectivity index (χ1v) is 6.19. The van der Waals surface area contributed by atoms with Crippen molar-refractivity contribution in [2.45, 2.75) is 46.1 Å². The highest BCUT2D eigenvalue weighted by Gasteiger charge is 2.14. The van der Waals surface area contributed by atoms with E-state index in [4.69, 9.17) is 5.11 Å². The van der Waals surface area contributed by atoms with Gasteiger partial charge in [-0.05, 0) is 20.3 Å². The molecular weight excluding hydrogens is 220 g/mol. The lowest BCUT2D eigenvalue weighted by atomic mass is 10.2. The third-order valence-corrected chi connectivity index (χ3v) is 2.54. The maximum atomic E-state index is 11.6. The van der Waals surface area contributed by atoms with Gasteiger partial charge in [-0.25, -0.2) is 0 Å². The summed E-state index contributed by atoms with van der Waals surface area (Å²) in [5.41, 5.74) is 0. The first-order valence-electron chi connectivity index (χ1n) is 6.19. The molecule has 0 rings (SSSR count). The first-order chi connectivity index (χ1) is 7.97. The monoisotopic (exact) mass is 244 g/mol. The maximum Gasteiger partial charge on any atom is 0.304 e. The Morgan fingerprint density at radius 2 is 2.00 bits per heavy atom. The molecule has 0 bridgehead atoms. The van der Waals surface area contributed by atoms with E-state index in [1.165, 1.54) is 0 Å². The lowest BCUT2D eigenvalue weighted by Crippen LogP contribution is -2.42. The molecule has 0 radical (unpaired) electrons. The maximum absolute atomic E-state index is 11.6. The molecule has 0 saturated carbocycles. The smallest absolute Gasteiger partial charge is 0.304 e. The molecule has 0 aliphatic rings. The van der Waals surface area contributed by atoms with Crippen LogP contribution in [0, 0.1) is 0 Å². The zero-order valence-electron chi connectivity index (χ0n) is 11.0. The number of hydrogen-bond donors (Lipinski definition) is 2. The van der Waals surface area contributed by atoms with E-state index in [9.17, 15) is 9.59 Å². The molecule has 0 aromatic heterocycles. The van der Waals surface area contributed by atoms with Crippen molar-refractivity contribution in [1.29, 1.82) is 0 Å². The van der Waals surface area contributed by atoms with E-state index in [0.29, 0.717) is 13.1 Å². The van der Waals surface area contributed by atoms with Gasteiger partial charge in [-0.3, -0.25) is 14.5 Å². The van der Waals surface area contributed by atoms with Crippen LogP contribution in [0.3, 0.4) is 0 Å². The van der Waals surface area contributed by atoms with Crippen LogP contribution in [0.2, 0.25) is 0 Å². The number of carboxylic acids is 1. The largest absolute Gasteiger partial charge is 0.481 e. The van der Waals surface area contributed by atoms with Crippen molar-refractivity contribution in [2.75, 3.05) is 19.6 Å². The number of hydrogen-bond acceptors (Lipinski definition) is 3. The zero-order chi connectivity index (χ0) is 13.3. The molecule has 0 saturated heterocycles. The molecule has 0 aromatic carbocycles. The number of carbonyl (C=O) groups excluding carboxylic acids is 1. The first kappa shape index (κ1) is 15.9. The predicted octanol–water partition coefficient (Wildman–Crippen LogP) is 1.09. The Morgan fingerprint density at radius 1 is 1.35 bits per heavy atom. The molecule has 0 aliphatic heterocycles. The van der Waals surface area contributed by atoms with Crippen LogP contribution < -0.4 is 5.32 Å². The SMILES string of the molecule is CCCCNC(=O)CN(CCC(=O)O)C(C)C. The lowest BCUT2D eigenvalue weighted by Gasteiger charge is -2.25. The van der Waals surface area contributed by atoms with Crippen LogP contribution in [0.4, 0.5) is 0 Å². The van der Waals surface area contributed by atoms with Gasteiger partial charge in [0.25, 0.3) is 0 Å². The lowest BCUT2D eigenvalue weighted by molar-refractivity contribution is -0.138. The van der Waals surface area contributed by atoms with E-state index in [-0.39, 0.29) is 24.9 Å². The van der Waals surface area contributed by atoms with Crippen molar-refractivity contribution in [3.05, 3.63) is 0 Å². The topological polar surface area (TPSA) is 69.6 Å². The highest BCUT2D eigenvalue weighted by Crippen LogP contribution is 1.99. The molecule has 5 nitrogen and oxygen atoms in total. The molecule has 5 heteroatoms. The zero-order valence-corrected chi connectivity index (χ0v) is 11.0. The highest BCUT2D eigenvalue weighted by atomic mass is 16.4. The van der Waals surface area contributed by atoms with E-state index >= 15 is 0 Å². The van der Waals surface area contributed by atoms with Crippen LogP contribution in [-0.4, -0.2) is 47.6 Å². The summed E-state index contributed by atoms with van der Waals surface area (Å²) in [5.74, 6) is -0.862. The van der Waals surface area contributed by atoms with Gasteiger partial charge in [0.1, 0.15) is 0 Å². The summed E-state index contributed by atoms with van der Waals surface area (Å²) in [4.78, 5) is 23.9. The Labute approximate surface area is 103 Å². The van der Waals surface area contributed by atoms with Gasteiger partial charge < -0.3 is 10.4 Å². The molecule has 0 spiro atoms. The number of carbonyl (C=O) groups is 2. The highest BCUT2D eigenvalue weighted by molar-refractivity contribution is 5.78. The van der Waals surface area contributed by atoms with Gasteiger partial charge in [0.15, 0.2) is 0 Å². The minimum absolute atomic E-state index is 0.0301. The van der Waals surface area contributed by atoms with Gasteiger partial charge >= 0.3 is 5.97 Å². The molecule has 1 amide bonds. The van der Waals surface area contributed by atoms with E-state index in [1.54, 1.807) is 0 Å². The Kier molecular flexibility index (Phi) is 8.40. The van der Waals surface area contributed by atoms with Gasteiger partial charge in [0.05, 0.1) is 13.0 Å². The molecule has 2 N–H and O–H groups in total. The van der Waals surface area contributed by atoms with Gasteiger partial charge in [-0.2, -0.15) is 0 Å². The molecule has 0 unspecified atom stereocenters. The number of carboxylic acid groups (broad SMARTS) is 1. The van der Waals surface area contributed by atoms with E-state index < -0.39 is 5.97 Å². The van der Waals surface area contributed by atoms with Gasteiger partial charge in [-0.15, -0.1) is 0 Å². The number of amides is 1. The summed E-state index contributed by atoms with van der Waals surface area (Å²) in [6, 6.07) is 0.172. The summed E-state index contributed by atoms with van der Waals surface area (Å²) in [6.45, 7) is 7.37. The Hall–Kier alpha value is -1.10. The molecule has 0 aromatic rings. The number of nitrogens with zero attached hydrogens (tertiary/aromatic N) is 1. The van der Waals surface area contributed by atoms with Gasteiger partial charge in [0.2, 0.25) is 5.91 Å². The molecular formula is C12H24N2O3. The van der Waals surface area contributed by atoms with Crippen molar-refractivity contribution in [2.24, 2.45) is 0 Å². The average Bonchev–Trinajstić information content (AvgIpc) is 2.23. The van der Waals surface area contributed by atoms with Crippen LogP contribution in [0.1, 0.15) is 40.0 Å². The fraction of sp³-hybridized carbons (Fsp3) is 0.833. The second-order valence-electron chi connectivity index (χ2n) is 4.41. The summed E-state index contributed by atoms with van der Waals surface area (Å²) in [7, 11) is 0. The summed E-state index contributed by atoms with van der Waals surface area (Å²) >= 11 is 0. The Bertz CT molecular complexity index is 242. The van der Waals surface area contributed by atoms with Crippen molar-refractivity contribution in [1.82, 2.24) is 10.2 Å². The van der Waals surface area contributed by atoms with Crippen LogP contribution in [-0.2, 0) is 9.59 Å². The van der Waals surface area contributed by atoms with Crippen LogP contribution in [0.25, 0.3) is 0 Å². The van der Waals surface area contributed by atoms with E-state index in [2.05, 4.69) is 12.2 Å². The third kappa shape index (κ3) is 8.68. The molecule has 0 fully saturated rings. The summed E-state index contributed by atoms with van der Waals surface area (Å²) < 4.78 is 0. The number of nitrogens with one attached hydrogen (secondary N) is 1. The quantitative estimate of drug-likeness (QED) is 0.596. The predicted molar refractivity (Wildman–Crippen MR) is 66.9 cm³/mol. The van der Waals surface area contributed by atoms with Crippen LogP contribution >= 0.6 is 0 Å². The van der Waals surface area contributed by atoms with Crippen molar-refractivity contribution in [3.63, 3.8) is 0 Å². The average molecular weight is 244 g/mol. The molecule has 17 heavy (non-hydrogen) atoms. The minimum atomic E-state index is -0.831. The fourth-order valence-corrected chi connectivity index (χ4v) is 1.40. The molecule has 0 aliphatic carbocycles.